The van der Waals surface area contributed by atoms with Gasteiger partial charge < -0.3 is 9.47 Å². The van der Waals surface area contributed by atoms with Gasteiger partial charge in [0.05, 0.1) is 0 Å². The monoisotopic (exact) mass is 581 g/mol. The molecule has 4 nitrogen and oxygen atoms in total. The molecule has 0 radical (unpaired) electrons. The lowest BCUT2D eigenvalue weighted by atomic mass is 10.0. The van der Waals surface area contributed by atoms with E-state index in [4.69, 9.17) is 9.47 Å². The Bertz CT molecular complexity index is 487. The topological polar surface area (TPSA) is 52.6 Å². The summed E-state index contributed by atoms with van der Waals surface area (Å²) in [7, 11) is 0. The Morgan fingerprint density at radius 1 is 0.317 bits per heavy atom. The van der Waals surface area contributed by atoms with Crippen LogP contribution in [0.1, 0.15) is 219 Å². The van der Waals surface area contributed by atoms with Crippen LogP contribution in [0.2, 0.25) is 0 Å². The van der Waals surface area contributed by atoms with Crippen molar-refractivity contribution in [3.05, 3.63) is 0 Å². The van der Waals surface area contributed by atoms with E-state index in [1.165, 1.54) is 167 Å². The standard InChI is InChI=1S/C37H72O4/c1-3-5-7-9-11-13-15-17-19-21-23-25-27-29-31-33-36(38)40-35-41-37(39)34-32-30-28-26-24-22-20-18-16-14-12-10-8-6-4-2/h3-35H2,1-2H3. The molecule has 0 saturated carbocycles. The predicted molar refractivity (Wildman–Crippen MR) is 176 cm³/mol. The van der Waals surface area contributed by atoms with Gasteiger partial charge in [0, 0.05) is 12.8 Å². The molecule has 0 aliphatic carbocycles. The van der Waals surface area contributed by atoms with E-state index >= 15 is 0 Å². The van der Waals surface area contributed by atoms with Crippen molar-refractivity contribution in [3.8, 4) is 0 Å². The molecule has 0 rings (SSSR count). The van der Waals surface area contributed by atoms with E-state index in [2.05, 4.69) is 13.8 Å². The highest BCUT2D eigenvalue weighted by Crippen LogP contribution is 2.15. The molecule has 0 bridgehead atoms. The third kappa shape index (κ3) is 35.0. The number of carbonyl (C=O) groups excluding carboxylic acids is 2. The van der Waals surface area contributed by atoms with Crippen LogP contribution in [0.4, 0.5) is 0 Å². The van der Waals surface area contributed by atoms with Crippen LogP contribution in [0.15, 0.2) is 0 Å². The molecule has 0 fully saturated rings. The molecule has 0 N–H and O–H groups in total. The molecule has 0 atom stereocenters. The fourth-order valence-electron chi connectivity index (χ4n) is 5.59. The fraction of sp³-hybridized carbons (Fsp3) is 0.946. The maximum absolute atomic E-state index is 11.9. The summed E-state index contributed by atoms with van der Waals surface area (Å²) < 4.78 is 10.2. The van der Waals surface area contributed by atoms with E-state index in [-0.39, 0.29) is 18.7 Å². The molecular formula is C37H72O4. The number of ether oxygens (including phenoxy) is 2. The molecule has 0 aromatic carbocycles. The van der Waals surface area contributed by atoms with Gasteiger partial charge in [-0.15, -0.1) is 0 Å². The van der Waals surface area contributed by atoms with Gasteiger partial charge in [-0.05, 0) is 12.8 Å². The molecule has 0 aromatic rings. The summed E-state index contributed by atoms with van der Waals surface area (Å²) in [6.07, 6.45) is 40.1. The Kier molecular flexibility index (Phi) is 34.2. The summed E-state index contributed by atoms with van der Waals surface area (Å²) >= 11 is 0. The summed E-state index contributed by atoms with van der Waals surface area (Å²) in [4.78, 5) is 23.7. The third-order valence-corrected chi connectivity index (χ3v) is 8.41. The molecular weight excluding hydrogens is 508 g/mol. The minimum atomic E-state index is -0.250. The van der Waals surface area contributed by atoms with Crippen molar-refractivity contribution in [2.24, 2.45) is 0 Å². The van der Waals surface area contributed by atoms with Crippen molar-refractivity contribution in [1.29, 1.82) is 0 Å². The molecule has 0 heterocycles. The van der Waals surface area contributed by atoms with E-state index in [0.29, 0.717) is 12.8 Å². The Morgan fingerprint density at radius 2 is 0.512 bits per heavy atom. The molecule has 41 heavy (non-hydrogen) atoms. The van der Waals surface area contributed by atoms with E-state index in [9.17, 15) is 9.59 Å². The average Bonchev–Trinajstić information content (AvgIpc) is 2.97. The molecule has 0 aliphatic heterocycles. The number of hydrogen-bond donors (Lipinski definition) is 0. The zero-order valence-corrected chi connectivity index (χ0v) is 28.0. The first-order chi connectivity index (χ1) is 20.2. The SMILES string of the molecule is CCCCCCCCCCCCCCCCCC(=O)OCOC(=O)CCCCCCCCCCCCCCCCC. The lowest BCUT2D eigenvalue weighted by Gasteiger charge is -2.07. The lowest BCUT2D eigenvalue weighted by molar-refractivity contribution is -0.167. The van der Waals surface area contributed by atoms with Crippen LogP contribution in [0.3, 0.4) is 0 Å². The summed E-state index contributed by atoms with van der Waals surface area (Å²) in [6, 6.07) is 0. The maximum atomic E-state index is 11.9. The first kappa shape index (κ1) is 39.9. The number of unbranched alkanes of at least 4 members (excludes halogenated alkanes) is 28. The smallest absolute Gasteiger partial charge is 0.308 e. The van der Waals surface area contributed by atoms with Gasteiger partial charge in [-0.3, -0.25) is 9.59 Å². The van der Waals surface area contributed by atoms with Gasteiger partial charge in [0.15, 0.2) is 0 Å². The van der Waals surface area contributed by atoms with Crippen molar-refractivity contribution in [2.45, 2.75) is 219 Å². The summed E-state index contributed by atoms with van der Waals surface area (Å²) in [5.41, 5.74) is 0. The minimum absolute atomic E-state index is 0.227. The van der Waals surface area contributed by atoms with Gasteiger partial charge in [0.2, 0.25) is 6.79 Å². The first-order valence-corrected chi connectivity index (χ1v) is 18.5. The van der Waals surface area contributed by atoms with E-state index in [0.717, 1.165) is 25.7 Å². The van der Waals surface area contributed by atoms with Crippen LogP contribution in [0.25, 0.3) is 0 Å². The minimum Gasteiger partial charge on any atom is -0.428 e. The van der Waals surface area contributed by atoms with Gasteiger partial charge in [-0.2, -0.15) is 0 Å². The van der Waals surface area contributed by atoms with Crippen molar-refractivity contribution >= 4 is 11.9 Å². The summed E-state index contributed by atoms with van der Waals surface area (Å²) in [6.45, 7) is 4.32. The first-order valence-electron chi connectivity index (χ1n) is 18.5. The highest BCUT2D eigenvalue weighted by molar-refractivity contribution is 5.70. The Morgan fingerprint density at radius 3 is 0.732 bits per heavy atom. The van der Waals surface area contributed by atoms with Crippen molar-refractivity contribution in [2.75, 3.05) is 6.79 Å². The largest absolute Gasteiger partial charge is 0.428 e. The fourth-order valence-corrected chi connectivity index (χ4v) is 5.59. The van der Waals surface area contributed by atoms with Gasteiger partial charge in [0.25, 0.3) is 0 Å². The van der Waals surface area contributed by atoms with Crippen LogP contribution in [0.5, 0.6) is 0 Å². The second-order valence-corrected chi connectivity index (χ2v) is 12.6. The highest BCUT2D eigenvalue weighted by Gasteiger charge is 2.06. The molecule has 0 unspecified atom stereocenters. The molecule has 0 saturated heterocycles. The van der Waals surface area contributed by atoms with E-state index < -0.39 is 0 Å². The van der Waals surface area contributed by atoms with Crippen LogP contribution in [0, 0.1) is 0 Å². The van der Waals surface area contributed by atoms with Crippen molar-refractivity contribution in [3.63, 3.8) is 0 Å². The molecule has 4 heteroatoms. The average molecular weight is 581 g/mol. The summed E-state index contributed by atoms with van der Waals surface area (Å²) in [5.74, 6) is -0.501. The van der Waals surface area contributed by atoms with Gasteiger partial charge >= 0.3 is 11.9 Å². The van der Waals surface area contributed by atoms with Crippen molar-refractivity contribution < 1.29 is 19.1 Å². The second-order valence-electron chi connectivity index (χ2n) is 12.6. The number of carbonyl (C=O) groups is 2. The highest BCUT2D eigenvalue weighted by atomic mass is 16.7. The predicted octanol–water partition coefficient (Wildman–Crippen LogP) is 12.6. The quantitative estimate of drug-likeness (QED) is 0.0431. The Balaban J connectivity index is 3.26. The molecule has 0 aromatic heterocycles. The second kappa shape index (κ2) is 35.1. The molecule has 0 amide bonds. The summed E-state index contributed by atoms with van der Waals surface area (Å²) in [5, 5.41) is 0. The number of hydrogen-bond acceptors (Lipinski definition) is 4. The van der Waals surface area contributed by atoms with Gasteiger partial charge in [0.1, 0.15) is 0 Å². The molecule has 0 aliphatic rings. The van der Waals surface area contributed by atoms with Crippen molar-refractivity contribution in [1.82, 2.24) is 0 Å². The third-order valence-electron chi connectivity index (χ3n) is 8.41. The Labute approximate surface area is 256 Å². The zero-order valence-electron chi connectivity index (χ0n) is 28.0. The van der Waals surface area contributed by atoms with Crippen LogP contribution < -0.4 is 0 Å². The number of esters is 2. The molecule has 0 spiro atoms. The maximum Gasteiger partial charge on any atom is 0.308 e. The van der Waals surface area contributed by atoms with Gasteiger partial charge in [-0.25, -0.2) is 0 Å². The lowest BCUT2D eigenvalue weighted by Crippen LogP contribution is -2.12. The van der Waals surface area contributed by atoms with Crippen LogP contribution in [-0.2, 0) is 19.1 Å². The molecule has 244 valence electrons. The number of rotatable bonds is 34. The zero-order chi connectivity index (χ0) is 29.9. The van der Waals surface area contributed by atoms with Crippen LogP contribution in [-0.4, -0.2) is 18.7 Å². The Hall–Kier alpha value is -1.06. The normalized spacial score (nSPS) is 11.2. The van der Waals surface area contributed by atoms with Crippen LogP contribution >= 0.6 is 0 Å². The van der Waals surface area contributed by atoms with E-state index in [1.54, 1.807) is 0 Å². The van der Waals surface area contributed by atoms with E-state index in [1.807, 2.05) is 0 Å². The van der Waals surface area contributed by atoms with Gasteiger partial charge in [-0.1, -0.05) is 194 Å².